The minimum absolute atomic E-state index is 0.324. The van der Waals surface area contributed by atoms with Crippen LogP contribution in [0.2, 0.25) is 0 Å². The van der Waals surface area contributed by atoms with Crippen molar-refractivity contribution >= 4 is 0 Å². The van der Waals surface area contributed by atoms with Gasteiger partial charge in [-0.1, -0.05) is 0 Å². The van der Waals surface area contributed by atoms with Gasteiger partial charge in [0, 0.05) is 7.11 Å². The summed E-state index contributed by atoms with van der Waals surface area (Å²) in [6, 6.07) is 0. The Morgan fingerprint density at radius 2 is 2.12 bits per heavy atom. The fraction of sp³-hybridized carbons (Fsp3) is 1.00. The second-order valence-corrected chi connectivity index (χ2v) is 1.30. The standard InChI is InChI=1S/C4H10O2.O.Ti/c1-4(5)3-6-2;;/h4-5H,3H2,1-2H3;;. The van der Waals surface area contributed by atoms with Crippen molar-refractivity contribution in [1.29, 1.82) is 0 Å². The van der Waals surface area contributed by atoms with Crippen molar-refractivity contribution in [2.24, 2.45) is 0 Å². The Balaban J connectivity index is 0. The van der Waals surface area contributed by atoms with Gasteiger partial charge in [0.2, 0.25) is 0 Å². The number of rotatable bonds is 2. The minimum atomic E-state index is -0.324. The Hall–Kier alpha value is 0.434. The molecular weight excluding hydrogens is 144 g/mol. The van der Waals surface area contributed by atoms with Crippen LogP contribution in [0, 0.1) is 0 Å². The van der Waals surface area contributed by atoms with Crippen molar-refractivity contribution in [1.82, 2.24) is 0 Å². The maximum absolute atomic E-state index is 8.43. The first-order chi connectivity index (χ1) is 3.77. The summed E-state index contributed by atoms with van der Waals surface area (Å²) >= 11 is 0.750. The topological polar surface area (TPSA) is 46.5 Å². The summed E-state index contributed by atoms with van der Waals surface area (Å²) in [5, 5.41) is 8.43. The molecule has 0 aliphatic carbocycles. The summed E-state index contributed by atoms with van der Waals surface area (Å²) in [6.45, 7) is 2.11. The summed E-state index contributed by atoms with van der Waals surface area (Å²) in [5.74, 6) is 0. The molecule has 0 aromatic carbocycles. The van der Waals surface area contributed by atoms with E-state index in [1.807, 2.05) is 0 Å². The van der Waals surface area contributed by atoms with Gasteiger partial charge in [0.05, 0.1) is 12.7 Å². The second-order valence-electron chi connectivity index (χ2n) is 1.30. The predicted molar refractivity (Wildman–Crippen MR) is 24.2 cm³/mol. The molecule has 0 saturated carbocycles. The van der Waals surface area contributed by atoms with E-state index in [1.54, 1.807) is 14.0 Å². The molecule has 0 radical (unpaired) electrons. The second kappa shape index (κ2) is 10.4. The maximum atomic E-state index is 8.43. The third-order valence-electron chi connectivity index (χ3n) is 0.408. The molecule has 0 aromatic heterocycles. The molecule has 0 aromatic rings. The first-order valence-electron chi connectivity index (χ1n) is 2.14. The first-order valence-corrected chi connectivity index (χ1v) is 2.78. The van der Waals surface area contributed by atoms with E-state index in [1.165, 1.54) is 0 Å². The Morgan fingerprint density at radius 3 is 2.12 bits per heavy atom. The van der Waals surface area contributed by atoms with Gasteiger partial charge in [0.25, 0.3) is 0 Å². The van der Waals surface area contributed by atoms with Crippen LogP contribution in [-0.4, -0.2) is 24.9 Å². The van der Waals surface area contributed by atoms with Gasteiger partial charge in [-0.3, -0.25) is 0 Å². The number of aliphatic hydroxyl groups is 1. The van der Waals surface area contributed by atoms with Gasteiger partial charge in [-0.15, -0.1) is 0 Å². The van der Waals surface area contributed by atoms with Gasteiger partial charge in [-0.05, 0) is 6.92 Å². The monoisotopic (exact) mass is 154 g/mol. The van der Waals surface area contributed by atoms with E-state index in [4.69, 9.17) is 8.43 Å². The summed E-state index contributed by atoms with van der Waals surface area (Å²) < 4.78 is 12.8. The zero-order valence-corrected chi connectivity index (χ0v) is 6.61. The van der Waals surface area contributed by atoms with Gasteiger partial charge < -0.3 is 9.84 Å². The van der Waals surface area contributed by atoms with Crippen molar-refractivity contribution in [2.45, 2.75) is 13.0 Å². The molecular formula is C4H10O3Ti. The number of hydrogen-bond acceptors (Lipinski definition) is 3. The Labute approximate surface area is 60.8 Å². The van der Waals surface area contributed by atoms with E-state index in [-0.39, 0.29) is 6.10 Å². The molecule has 0 spiro atoms. The van der Waals surface area contributed by atoms with Gasteiger partial charge in [-0.2, -0.15) is 0 Å². The van der Waals surface area contributed by atoms with Crippen LogP contribution in [0.15, 0.2) is 0 Å². The zero-order chi connectivity index (χ0) is 6.99. The van der Waals surface area contributed by atoms with Crippen molar-refractivity contribution in [3.63, 3.8) is 0 Å². The number of ether oxygens (including phenoxy) is 1. The molecule has 8 heavy (non-hydrogen) atoms. The van der Waals surface area contributed by atoms with Crippen LogP contribution in [0.1, 0.15) is 6.92 Å². The number of methoxy groups -OCH3 is 1. The molecule has 4 heteroatoms. The molecule has 0 bridgehead atoms. The zero-order valence-electron chi connectivity index (χ0n) is 5.05. The molecule has 3 nitrogen and oxygen atoms in total. The van der Waals surface area contributed by atoms with Crippen LogP contribution in [-0.2, 0) is 28.5 Å². The fourth-order valence-electron chi connectivity index (χ4n) is 0.241. The normalized spacial score (nSPS) is 11.2. The van der Waals surface area contributed by atoms with Crippen molar-refractivity contribution in [3.8, 4) is 0 Å². The SMILES string of the molecule is COCC(C)O.[O]=[Ti]. The summed E-state index contributed by atoms with van der Waals surface area (Å²) in [6.07, 6.45) is -0.324. The quantitative estimate of drug-likeness (QED) is 0.564. The molecule has 1 unspecified atom stereocenters. The van der Waals surface area contributed by atoms with E-state index in [0.717, 1.165) is 20.4 Å². The summed E-state index contributed by atoms with van der Waals surface area (Å²) in [5.41, 5.74) is 0. The number of hydrogen-bond donors (Lipinski definition) is 1. The van der Waals surface area contributed by atoms with Crippen LogP contribution in [0.4, 0.5) is 0 Å². The third kappa shape index (κ3) is 16.1. The Bertz CT molecular complexity index is 40.3. The molecule has 0 amide bonds. The molecule has 0 saturated heterocycles. The van der Waals surface area contributed by atoms with E-state index < -0.39 is 0 Å². The van der Waals surface area contributed by atoms with Gasteiger partial charge in [0.1, 0.15) is 0 Å². The molecule has 0 fully saturated rings. The van der Waals surface area contributed by atoms with Crippen molar-refractivity contribution in [2.75, 3.05) is 13.7 Å². The molecule has 0 heterocycles. The van der Waals surface area contributed by atoms with E-state index in [9.17, 15) is 0 Å². The van der Waals surface area contributed by atoms with Crippen LogP contribution in [0.5, 0.6) is 0 Å². The van der Waals surface area contributed by atoms with Crippen LogP contribution < -0.4 is 0 Å². The van der Waals surface area contributed by atoms with E-state index in [2.05, 4.69) is 4.74 Å². The van der Waals surface area contributed by atoms with Crippen molar-refractivity contribution in [3.05, 3.63) is 0 Å². The molecule has 0 aliphatic rings. The molecule has 0 aliphatic heterocycles. The molecule has 0 rings (SSSR count). The first kappa shape index (κ1) is 11.3. The van der Waals surface area contributed by atoms with Gasteiger partial charge in [-0.25, -0.2) is 0 Å². The summed E-state index contributed by atoms with van der Waals surface area (Å²) in [7, 11) is 1.56. The average Bonchev–Trinajstić information content (AvgIpc) is 1.72. The fourth-order valence-corrected chi connectivity index (χ4v) is 0.241. The van der Waals surface area contributed by atoms with Gasteiger partial charge in [0.15, 0.2) is 0 Å². The van der Waals surface area contributed by atoms with Crippen LogP contribution in [0.3, 0.4) is 0 Å². The van der Waals surface area contributed by atoms with Gasteiger partial charge >= 0.3 is 23.7 Å². The van der Waals surface area contributed by atoms with Crippen LogP contribution >= 0.6 is 0 Å². The Morgan fingerprint density at radius 1 is 1.75 bits per heavy atom. The van der Waals surface area contributed by atoms with E-state index in [0.29, 0.717) is 6.61 Å². The molecule has 1 N–H and O–H groups in total. The summed E-state index contributed by atoms with van der Waals surface area (Å²) in [4.78, 5) is 0. The van der Waals surface area contributed by atoms with Crippen LogP contribution in [0.25, 0.3) is 0 Å². The molecule has 1 atom stereocenters. The third-order valence-corrected chi connectivity index (χ3v) is 0.408. The predicted octanol–water partition coefficient (Wildman–Crippen LogP) is -0.108. The average molecular weight is 154 g/mol. The van der Waals surface area contributed by atoms with Crippen molar-refractivity contribution < 1.29 is 33.6 Å². The Kier molecular flexibility index (Phi) is 14.7. The number of aliphatic hydroxyl groups excluding tert-OH is 1. The van der Waals surface area contributed by atoms with E-state index >= 15 is 0 Å². The molecule has 48 valence electrons.